The van der Waals surface area contributed by atoms with Crippen LogP contribution in [0.15, 0.2) is 23.3 Å². The van der Waals surface area contributed by atoms with Crippen molar-refractivity contribution in [1.29, 1.82) is 0 Å². The van der Waals surface area contributed by atoms with Crippen LogP contribution in [0.5, 0.6) is 0 Å². The van der Waals surface area contributed by atoms with Gasteiger partial charge in [0.25, 0.3) is 0 Å². The van der Waals surface area contributed by atoms with E-state index < -0.39 is 4.87 Å². The van der Waals surface area contributed by atoms with Gasteiger partial charge in [0.15, 0.2) is 0 Å². The Morgan fingerprint density at radius 3 is 2.75 bits per heavy atom. The molecule has 0 aromatic heterocycles. The summed E-state index contributed by atoms with van der Waals surface area (Å²) in [4.78, 5) is 1.84. The Labute approximate surface area is 107 Å². The van der Waals surface area contributed by atoms with Crippen LogP contribution in [-0.2, 0) is 4.74 Å². The Hall–Kier alpha value is -0.0200. The first-order valence-electron chi connectivity index (χ1n) is 5.53. The van der Waals surface area contributed by atoms with Crippen LogP contribution in [0.1, 0.15) is 6.92 Å². The number of nitrogens with zero attached hydrogens (tertiary/aromatic N) is 1. The maximum absolute atomic E-state index is 6.60. The predicted octanol–water partition coefficient (Wildman–Crippen LogP) is 2.58. The fraction of sp³-hybridized carbons (Fsp3) is 0.583. The van der Waals surface area contributed by atoms with Crippen molar-refractivity contribution in [2.75, 3.05) is 26.3 Å². The molecule has 1 fully saturated rings. The van der Waals surface area contributed by atoms with Crippen molar-refractivity contribution in [2.24, 2.45) is 0 Å². The molecule has 2 nitrogen and oxygen atoms in total. The van der Waals surface area contributed by atoms with E-state index in [0.717, 1.165) is 26.3 Å². The average Bonchev–Trinajstić information content (AvgIpc) is 2.29. The van der Waals surface area contributed by atoms with Crippen molar-refractivity contribution in [3.05, 3.63) is 29.7 Å². The predicted molar refractivity (Wildman–Crippen MR) is 67.8 cm³/mol. The summed E-state index contributed by atoms with van der Waals surface area (Å²) in [7, 11) is 0. The third kappa shape index (κ3) is 2.62. The molecule has 1 aliphatic heterocycles. The molecule has 0 amide bonds. The molecule has 16 heavy (non-hydrogen) atoms. The summed E-state index contributed by atoms with van der Waals surface area (Å²) in [5.74, 6) is 0. The second-order valence-corrected chi connectivity index (χ2v) is 5.30. The van der Waals surface area contributed by atoms with Crippen molar-refractivity contribution in [1.82, 2.24) is 4.90 Å². The lowest BCUT2D eigenvalue weighted by Crippen LogP contribution is -2.51. The van der Waals surface area contributed by atoms with Crippen molar-refractivity contribution in [3.63, 3.8) is 0 Å². The molecular formula is C12H16Cl2NO. The lowest BCUT2D eigenvalue weighted by molar-refractivity contribution is 0.0168. The number of halogens is 2. The van der Waals surface area contributed by atoms with Gasteiger partial charge in [0.1, 0.15) is 0 Å². The lowest BCUT2D eigenvalue weighted by Gasteiger charge is -2.41. The zero-order valence-electron chi connectivity index (χ0n) is 9.33. The van der Waals surface area contributed by atoms with Crippen LogP contribution in [0.3, 0.4) is 0 Å². The van der Waals surface area contributed by atoms with E-state index in [4.69, 9.17) is 27.9 Å². The van der Waals surface area contributed by atoms with Crippen molar-refractivity contribution >= 4 is 23.2 Å². The lowest BCUT2D eigenvalue weighted by atomic mass is 9.91. The summed E-state index contributed by atoms with van der Waals surface area (Å²) >= 11 is 12.6. The number of allylic oxidation sites excluding steroid dienone is 3. The molecule has 0 aromatic rings. The maximum atomic E-state index is 6.60. The summed E-state index contributed by atoms with van der Waals surface area (Å²) in [6, 6.07) is 0.219. The molecule has 0 N–H and O–H groups in total. The highest BCUT2D eigenvalue weighted by Crippen LogP contribution is 2.35. The third-order valence-corrected chi connectivity index (χ3v) is 3.99. The van der Waals surface area contributed by atoms with Gasteiger partial charge in [-0.05, 0) is 13.0 Å². The first kappa shape index (κ1) is 12.4. The van der Waals surface area contributed by atoms with Gasteiger partial charge < -0.3 is 4.74 Å². The minimum Gasteiger partial charge on any atom is -0.379 e. The number of hydrogen-bond donors (Lipinski definition) is 0. The standard InChI is InChI=1S/C12H16Cl2NO/c1-10(15-5-7-16-8-6-15)12(14)4-2-3-11(13)9-12/h2-4,9-10H,5-8H2,1H3. The first-order chi connectivity index (χ1) is 7.62. The number of hydrogen-bond acceptors (Lipinski definition) is 2. The molecule has 0 bridgehead atoms. The van der Waals surface area contributed by atoms with E-state index in [2.05, 4.69) is 11.8 Å². The van der Waals surface area contributed by atoms with Gasteiger partial charge in [-0.2, -0.15) is 0 Å². The maximum Gasteiger partial charge on any atom is 0.0864 e. The van der Waals surface area contributed by atoms with Crippen molar-refractivity contribution < 1.29 is 4.74 Å². The van der Waals surface area contributed by atoms with Crippen molar-refractivity contribution in [3.8, 4) is 0 Å². The van der Waals surface area contributed by atoms with Gasteiger partial charge in [-0.25, -0.2) is 0 Å². The zero-order chi connectivity index (χ0) is 11.6. The second-order valence-electron chi connectivity index (χ2n) is 4.21. The van der Waals surface area contributed by atoms with Crippen LogP contribution in [0.25, 0.3) is 0 Å². The summed E-state index contributed by atoms with van der Waals surface area (Å²) < 4.78 is 5.34. The number of rotatable bonds is 2. The third-order valence-electron chi connectivity index (χ3n) is 3.20. The highest BCUT2D eigenvalue weighted by atomic mass is 35.5. The SMILES string of the molecule is CC(N1CCOCC1)C1(Cl)[CH]C(Cl)=CC=C1. The number of morpholine rings is 1. The summed E-state index contributed by atoms with van der Waals surface area (Å²) in [5.41, 5.74) is 0. The van der Waals surface area contributed by atoms with Gasteiger partial charge in [-0.15, -0.1) is 11.6 Å². The Morgan fingerprint density at radius 1 is 1.44 bits per heavy atom. The summed E-state index contributed by atoms with van der Waals surface area (Å²) in [5, 5.41) is 0.706. The van der Waals surface area contributed by atoms with Gasteiger partial charge in [-0.1, -0.05) is 23.8 Å². The van der Waals surface area contributed by atoms with Crippen LogP contribution in [-0.4, -0.2) is 42.1 Å². The topological polar surface area (TPSA) is 12.5 Å². The molecule has 1 radical (unpaired) electrons. The highest BCUT2D eigenvalue weighted by Gasteiger charge is 2.37. The largest absolute Gasteiger partial charge is 0.379 e. The first-order valence-corrected chi connectivity index (χ1v) is 6.29. The molecule has 2 unspecified atom stereocenters. The fourth-order valence-electron chi connectivity index (χ4n) is 2.10. The van der Waals surface area contributed by atoms with E-state index in [0.29, 0.717) is 5.03 Å². The van der Waals surface area contributed by atoms with E-state index in [1.54, 1.807) is 0 Å². The van der Waals surface area contributed by atoms with Gasteiger partial charge in [0, 0.05) is 30.6 Å². The van der Waals surface area contributed by atoms with Crippen LogP contribution < -0.4 is 0 Å². The smallest absolute Gasteiger partial charge is 0.0864 e. The molecule has 1 saturated heterocycles. The van der Waals surface area contributed by atoms with Crippen LogP contribution >= 0.6 is 23.2 Å². The Morgan fingerprint density at radius 2 is 2.12 bits per heavy atom. The molecule has 89 valence electrons. The molecule has 0 spiro atoms. The minimum atomic E-state index is -0.497. The van der Waals surface area contributed by atoms with Crippen LogP contribution in [0, 0.1) is 6.42 Å². The summed E-state index contributed by atoms with van der Waals surface area (Å²) in [6.45, 7) is 5.56. The number of alkyl halides is 1. The Bertz CT molecular complexity index is 310. The summed E-state index contributed by atoms with van der Waals surface area (Å²) in [6.07, 6.45) is 7.69. The monoisotopic (exact) mass is 260 g/mol. The Balaban J connectivity index is 2.05. The number of ether oxygens (including phenoxy) is 1. The van der Waals surface area contributed by atoms with E-state index in [9.17, 15) is 0 Å². The van der Waals surface area contributed by atoms with Gasteiger partial charge in [-0.3, -0.25) is 4.90 Å². The van der Waals surface area contributed by atoms with Crippen LogP contribution in [0.4, 0.5) is 0 Å². The van der Waals surface area contributed by atoms with E-state index >= 15 is 0 Å². The van der Waals surface area contributed by atoms with Gasteiger partial charge in [0.05, 0.1) is 18.1 Å². The molecule has 1 aliphatic carbocycles. The molecule has 2 atom stereocenters. The average molecular weight is 261 g/mol. The highest BCUT2D eigenvalue weighted by molar-refractivity contribution is 6.34. The molecule has 4 heteroatoms. The molecule has 2 aliphatic rings. The molecule has 0 saturated carbocycles. The molecule has 1 heterocycles. The zero-order valence-corrected chi connectivity index (χ0v) is 10.8. The van der Waals surface area contributed by atoms with E-state index in [1.165, 1.54) is 0 Å². The van der Waals surface area contributed by atoms with E-state index in [1.807, 2.05) is 24.6 Å². The fourth-order valence-corrected chi connectivity index (χ4v) is 2.74. The second kappa shape index (κ2) is 5.09. The van der Waals surface area contributed by atoms with Crippen molar-refractivity contribution in [2.45, 2.75) is 17.8 Å². The van der Waals surface area contributed by atoms with Crippen LogP contribution in [0.2, 0.25) is 0 Å². The minimum absolute atomic E-state index is 0.219. The molecule has 0 aromatic carbocycles. The normalized spacial score (nSPS) is 33.6. The quantitative estimate of drug-likeness (QED) is 0.708. The molecular weight excluding hydrogens is 245 g/mol. The van der Waals surface area contributed by atoms with Gasteiger partial charge in [0.2, 0.25) is 0 Å². The molecule has 2 rings (SSSR count). The Kier molecular flexibility index (Phi) is 3.96. The van der Waals surface area contributed by atoms with E-state index in [-0.39, 0.29) is 6.04 Å². The van der Waals surface area contributed by atoms with Gasteiger partial charge >= 0.3 is 0 Å².